The van der Waals surface area contributed by atoms with E-state index in [4.69, 9.17) is 4.74 Å². The van der Waals surface area contributed by atoms with Gasteiger partial charge in [0.15, 0.2) is 11.6 Å². The van der Waals surface area contributed by atoms with E-state index in [2.05, 4.69) is 25.5 Å². The summed E-state index contributed by atoms with van der Waals surface area (Å²) >= 11 is 0. The molecule has 3 rings (SSSR count). The first-order chi connectivity index (χ1) is 14.5. The average Bonchev–Trinajstić information content (AvgIpc) is 3.50. The third-order valence-electron chi connectivity index (χ3n) is 5.30. The van der Waals surface area contributed by atoms with Gasteiger partial charge in [-0.1, -0.05) is 39.0 Å². The number of benzene rings is 2. The van der Waals surface area contributed by atoms with Crippen molar-refractivity contribution in [1.29, 1.82) is 0 Å². The second-order valence-corrected chi connectivity index (χ2v) is 11.4. The molecular formula is C24H31F2NO3S. The highest BCUT2D eigenvalue weighted by Crippen LogP contribution is 2.32. The van der Waals surface area contributed by atoms with Gasteiger partial charge < -0.3 is 4.74 Å². The lowest BCUT2D eigenvalue weighted by atomic mass is 9.91. The monoisotopic (exact) mass is 451 g/mol. The van der Waals surface area contributed by atoms with Crippen molar-refractivity contribution in [3.63, 3.8) is 0 Å². The summed E-state index contributed by atoms with van der Waals surface area (Å²) in [5.74, 6) is -0.368. The zero-order valence-corrected chi connectivity index (χ0v) is 19.1. The van der Waals surface area contributed by atoms with E-state index in [0.717, 1.165) is 19.3 Å². The van der Waals surface area contributed by atoms with Crippen LogP contribution >= 0.6 is 0 Å². The van der Waals surface area contributed by atoms with Crippen LogP contribution in [-0.4, -0.2) is 20.8 Å². The molecule has 0 amide bonds. The lowest BCUT2D eigenvalue weighted by Gasteiger charge is -2.22. The largest absolute Gasteiger partial charge is 0.490 e. The van der Waals surface area contributed by atoms with E-state index in [-0.39, 0.29) is 16.9 Å². The third-order valence-corrected chi connectivity index (χ3v) is 6.72. The zero-order chi connectivity index (χ0) is 22.6. The molecule has 1 N–H and O–H groups in total. The van der Waals surface area contributed by atoms with E-state index in [1.165, 1.54) is 42.5 Å². The van der Waals surface area contributed by atoms with E-state index in [9.17, 15) is 17.2 Å². The van der Waals surface area contributed by atoms with Crippen molar-refractivity contribution in [1.82, 2.24) is 4.72 Å². The van der Waals surface area contributed by atoms with Gasteiger partial charge in [-0.15, -0.1) is 0 Å². The molecule has 0 aliphatic heterocycles. The predicted octanol–water partition coefficient (Wildman–Crippen LogP) is 5.59. The van der Waals surface area contributed by atoms with Crippen LogP contribution in [0, 0.1) is 23.0 Å². The Bertz CT molecular complexity index is 981. The maximum Gasteiger partial charge on any atom is 0.212 e. The molecule has 0 heterocycles. The highest BCUT2D eigenvalue weighted by molar-refractivity contribution is 7.89. The number of sulfonamides is 1. The van der Waals surface area contributed by atoms with Crippen molar-refractivity contribution in [2.75, 3.05) is 12.4 Å². The number of halogens is 2. The number of hydrogen-bond donors (Lipinski definition) is 1. The van der Waals surface area contributed by atoms with Crippen LogP contribution in [0.5, 0.6) is 5.75 Å². The number of hydrogen-bond acceptors (Lipinski definition) is 3. The van der Waals surface area contributed by atoms with Crippen molar-refractivity contribution in [3.05, 3.63) is 65.2 Å². The Balaban J connectivity index is 1.84. The molecular weight excluding hydrogens is 420 g/mol. The predicted molar refractivity (Wildman–Crippen MR) is 118 cm³/mol. The minimum atomic E-state index is -3.63. The maximum absolute atomic E-state index is 14.3. The van der Waals surface area contributed by atoms with Gasteiger partial charge in [-0.05, 0) is 72.4 Å². The number of rotatable bonds is 10. The van der Waals surface area contributed by atoms with Crippen LogP contribution in [0.3, 0.4) is 0 Å². The van der Waals surface area contributed by atoms with Gasteiger partial charge in [0.25, 0.3) is 0 Å². The highest BCUT2D eigenvalue weighted by atomic mass is 32.2. The Morgan fingerprint density at radius 3 is 2.32 bits per heavy atom. The molecule has 1 saturated carbocycles. The Hall–Kier alpha value is -1.99. The van der Waals surface area contributed by atoms with Crippen LogP contribution < -0.4 is 9.46 Å². The van der Waals surface area contributed by atoms with Crippen LogP contribution in [0.25, 0.3) is 0 Å². The molecule has 1 fully saturated rings. The molecule has 170 valence electrons. The smallest absolute Gasteiger partial charge is 0.212 e. The Kier molecular flexibility index (Phi) is 7.37. The molecule has 2 aromatic rings. The summed E-state index contributed by atoms with van der Waals surface area (Å²) in [6.45, 7) is 6.64. The van der Waals surface area contributed by atoms with Crippen LogP contribution in [0.15, 0.2) is 42.5 Å². The lowest BCUT2D eigenvalue weighted by molar-refractivity contribution is 0.285. The highest BCUT2D eigenvalue weighted by Gasteiger charge is 2.25. The maximum atomic E-state index is 14.3. The molecule has 31 heavy (non-hydrogen) atoms. The van der Waals surface area contributed by atoms with E-state index >= 15 is 0 Å². The standard InChI is InChI=1S/C24H31F2NO3S/c1-24(2,3)13-4-14-31(28,29)27-23(18-7-10-20(25)11-8-18)19-9-12-21(26)22(15-19)30-16-17-5-6-17/h7-12,15,17,23,27H,4-6,13-14,16H2,1-3H3/t23-/m1/s1. The molecule has 0 aromatic heterocycles. The third kappa shape index (κ3) is 7.58. The molecule has 1 atom stereocenters. The van der Waals surface area contributed by atoms with Gasteiger partial charge in [0.05, 0.1) is 18.4 Å². The second-order valence-electron chi connectivity index (χ2n) is 9.53. The fourth-order valence-corrected chi connectivity index (χ4v) is 4.59. The Morgan fingerprint density at radius 2 is 1.71 bits per heavy atom. The summed E-state index contributed by atoms with van der Waals surface area (Å²) in [4.78, 5) is 0. The zero-order valence-electron chi connectivity index (χ0n) is 18.3. The molecule has 0 spiro atoms. The average molecular weight is 452 g/mol. The summed E-state index contributed by atoms with van der Waals surface area (Å²) in [5.41, 5.74) is 1.15. The van der Waals surface area contributed by atoms with E-state index < -0.39 is 27.7 Å². The van der Waals surface area contributed by atoms with Crippen molar-refractivity contribution in [2.24, 2.45) is 11.3 Å². The van der Waals surface area contributed by atoms with E-state index in [1.807, 2.05) is 0 Å². The molecule has 7 heteroatoms. The quantitative estimate of drug-likeness (QED) is 0.512. The summed E-state index contributed by atoms with van der Waals surface area (Å²) in [6.07, 6.45) is 3.45. The first-order valence-corrected chi connectivity index (χ1v) is 12.4. The van der Waals surface area contributed by atoms with Gasteiger partial charge >= 0.3 is 0 Å². The van der Waals surface area contributed by atoms with Gasteiger partial charge in [-0.25, -0.2) is 21.9 Å². The van der Waals surface area contributed by atoms with Gasteiger partial charge in [-0.3, -0.25) is 0 Å². The Labute approximate surface area is 184 Å². The van der Waals surface area contributed by atoms with Crippen LogP contribution in [0.2, 0.25) is 0 Å². The second kappa shape index (κ2) is 9.65. The summed E-state index contributed by atoms with van der Waals surface area (Å²) in [6, 6.07) is 9.20. The van der Waals surface area contributed by atoms with E-state index in [0.29, 0.717) is 30.1 Å². The molecule has 0 bridgehead atoms. The first kappa shape index (κ1) is 23.7. The summed E-state index contributed by atoms with van der Waals surface area (Å²) in [7, 11) is -3.63. The minimum Gasteiger partial charge on any atom is -0.490 e. The fraction of sp³-hybridized carbons (Fsp3) is 0.500. The number of nitrogens with one attached hydrogen (secondary N) is 1. The van der Waals surface area contributed by atoms with Crippen molar-refractivity contribution >= 4 is 10.0 Å². The molecule has 0 radical (unpaired) electrons. The molecule has 0 saturated heterocycles. The van der Waals surface area contributed by atoms with Gasteiger partial charge in [-0.2, -0.15) is 0 Å². The molecule has 0 unspecified atom stereocenters. The molecule has 1 aliphatic carbocycles. The minimum absolute atomic E-state index is 0.0196. The summed E-state index contributed by atoms with van der Waals surface area (Å²) < 4.78 is 61.7. The molecule has 4 nitrogen and oxygen atoms in total. The SMILES string of the molecule is CC(C)(C)CCCS(=O)(=O)N[C@H](c1ccc(F)cc1)c1ccc(F)c(OCC2CC2)c1. The van der Waals surface area contributed by atoms with Crippen LogP contribution in [-0.2, 0) is 10.0 Å². The van der Waals surface area contributed by atoms with Crippen LogP contribution in [0.1, 0.15) is 63.6 Å². The van der Waals surface area contributed by atoms with E-state index in [1.54, 1.807) is 0 Å². The molecule has 2 aromatic carbocycles. The van der Waals surface area contributed by atoms with Crippen molar-refractivity contribution < 1.29 is 21.9 Å². The van der Waals surface area contributed by atoms with Gasteiger partial charge in [0.1, 0.15) is 5.82 Å². The fourth-order valence-electron chi connectivity index (χ4n) is 3.32. The number of ether oxygens (including phenoxy) is 1. The lowest BCUT2D eigenvalue weighted by Crippen LogP contribution is -2.31. The summed E-state index contributed by atoms with van der Waals surface area (Å²) in [5, 5.41) is 0. The Morgan fingerprint density at radius 1 is 1.06 bits per heavy atom. The molecule has 1 aliphatic rings. The normalized spacial score (nSPS) is 15.6. The van der Waals surface area contributed by atoms with Gasteiger partial charge in [0, 0.05) is 0 Å². The van der Waals surface area contributed by atoms with Gasteiger partial charge in [0.2, 0.25) is 10.0 Å². The van der Waals surface area contributed by atoms with Crippen molar-refractivity contribution in [2.45, 2.75) is 52.5 Å². The first-order valence-electron chi connectivity index (χ1n) is 10.7. The topological polar surface area (TPSA) is 55.4 Å². The van der Waals surface area contributed by atoms with Crippen molar-refractivity contribution in [3.8, 4) is 5.75 Å². The van der Waals surface area contributed by atoms with Crippen LogP contribution in [0.4, 0.5) is 8.78 Å².